The van der Waals surface area contributed by atoms with Gasteiger partial charge in [0.25, 0.3) is 0 Å². The normalized spacial score (nSPS) is 12.4. The van der Waals surface area contributed by atoms with E-state index in [-0.39, 0.29) is 0 Å². The van der Waals surface area contributed by atoms with Gasteiger partial charge in [-0.1, -0.05) is 13.8 Å². The quantitative estimate of drug-likeness (QED) is 0.540. The molecule has 0 saturated carbocycles. The fourth-order valence-electron chi connectivity index (χ4n) is 1.29. The highest BCUT2D eigenvalue weighted by atomic mass is 19.4. The molecule has 0 radical (unpaired) electrons. The third-order valence-corrected chi connectivity index (χ3v) is 1.84. The van der Waals surface area contributed by atoms with Crippen LogP contribution in [0.5, 0.6) is 0 Å². The first-order valence-electron chi connectivity index (χ1n) is 5.34. The van der Waals surface area contributed by atoms with E-state index >= 15 is 0 Å². The van der Waals surface area contributed by atoms with Crippen LogP contribution in [0.25, 0.3) is 0 Å². The highest BCUT2D eigenvalue weighted by Crippen LogP contribution is 2.13. The molecule has 4 nitrogen and oxygen atoms in total. The van der Waals surface area contributed by atoms with Crippen LogP contribution in [0, 0.1) is 0 Å². The van der Waals surface area contributed by atoms with Crippen molar-refractivity contribution in [2.45, 2.75) is 33.0 Å². The van der Waals surface area contributed by atoms with Crippen LogP contribution in [0.2, 0.25) is 0 Å². The average molecular weight is 254 g/mol. The summed E-state index contributed by atoms with van der Waals surface area (Å²) in [6.07, 6.45) is -2.28. The van der Waals surface area contributed by atoms with Crippen molar-refractivity contribution in [2.24, 2.45) is 0 Å². The Labute approximate surface area is 98.1 Å². The monoisotopic (exact) mass is 254 g/mol. The van der Waals surface area contributed by atoms with E-state index in [1.54, 1.807) is 4.90 Å². The summed E-state index contributed by atoms with van der Waals surface area (Å²) in [7, 11) is 0. The summed E-state index contributed by atoms with van der Waals surface area (Å²) in [6, 6.07) is 0. The zero-order valence-corrected chi connectivity index (χ0v) is 9.84. The van der Waals surface area contributed by atoms with Crippen LogP contribution in [-0.4, -0.2) is 35.4 Å². The van der Waals surface area contributed by atoms with Gasteiger partial charge >= 0.3 is 12.3 Å². The van der Waals surface area contributed by atoms with Crippen LogP contribution in [0.15, 0.2) is 11.9 Å². The minimum atomic E-state index is -4.74. The smallest absolute Gasteiger partial charge is 0.477 e. The van der Waals surface area contributed by atoms with Gasteiger partial charge < -0.3 is 10.0 Å². The number of alkyl halides is 3. The molecule has 17 heavy (non-hydrogen) atoms. The molecular weight excluding hydrogens is 237 g/mol. The summed E-state index contributed by atoms with van der Waals surface area (Å²) < 4.78 is 36.2. The molecule has 0 fully saturated rings. The average Bonchev–Trinajstić information content (AvgIpc) is 2.15. The number of rotatable bonds is 7. The lowest BCUT2D eigenvalue weighted by Gasteiger charge is -2.20. The molecule has 0 atom stereocenters. The summed E-state index contributed by atoms with van der Waals surface area (Å²) in [5, 5.41) is 9.69. The van der Waals surface area contributed by atoms with Crippen LogP contribution in [0.4, 0.5) is 13.2 Å². The Kier molecular flexibility index (Phi) is 6.45. The summed E-state index contributed by atoms with van der Waals surface area (Å²) in [5.74, 6) is -1.63. The summed E-state index contributed by atoms with van der Waals surface area (Å²) >= 11 is 0. The minimum absolute atomic E-state index is 0.518. The maximum absolute atomic E-state index is 12.1. The molecule has 0 unspecified atom stereocenters. The number of carboxylic acids is 1. The molecule has 0 aliphatic carbocycles. The first-order chi connectivity index (χ1) is 7.80. The van der Waals surface area contributed by atoms with E-state index in [9.17, 15) is 18.0 Å². The zero-order chi connectivity index (χ0) is 13.5. The van der Waals surface area contributed by atoms with Gasteiger partial charge in [-0.05, 0) is 12.8 Å². The fourth-order valence-corrected chi connectivity index (χ4v) is 1.29. The Morgan fingerprint density at radius 2 is 1.76 bits per heavy atom. The van der Waals surface area contributed by atoms with Gasteiger partial charge in [0, 0.05) is 19.3 Å². The first kappa shape index (κ1) is 15.6. The molecule has 0 heterocycles. The van der Waals surface area contributed by atoms with Gasteiger partial charge in [0.15, 0.2) is 0 Å². The molecule has 0 spiro atoms. The number of halogens is 3. The van der Waals surface area contributed by atoms with Crippen molar-refractivity contribution in [2.75, 3.05) is 13.1 Å². The minimum Gasteiger partial charge on any atom is -0.477 e. The second-order valence-electron chi connectivity index (χ2n) is 3.51. The number of hydrogen-bond donors (Lipinski definition) is 2. The molecule has 2 N–H and O–H groups in total. The van der Waals surface area contributed by atoms with Crippen LogP contribution in [0.1, 0.15) is 26.7 Å². The molecule has 7 heteroatoms. The summed E-state index contributed by atoms with van der Waals surface area (Å²) in [6.45, 7) is 4.77. The summed E-state index contributed by atoms with van der Waals surface area (Å²) in [4.78, 5) is 12.2. The van der Waals surface area contributed by atoms with E-state index in [0.29, 0.717) is 13.1 Å². The van der Waals surface area contributed by atoms with Crippen molar-refractivity contribution >= 4 is 5.97 Å². The van der Waals surface area contributed by atoms with Crippen molar-refractivity contribution in [1.29, 1.82) is 0 Å². The van der Waals surface area contributed by atoms with Gasteiger partial charge in [0.1, 0.15) is 5.70 Å². The molecule has 0 aromatic rings. The van der Waals surface area contributed by atoms with Crippen molar-refractivity contribution in [3.63, 3.8) is 0 Å². The third-order valence-electron chi connectivity index (χ3n) is 1.84. The van der Waals surface area contributed by atoms with E-state index < -0.39 is 18.0 Å². The van der Waals surface area contributed by atoms with Crippen molar-refractivity contribution < 1.29 is 23.1 Å². The molecule has 0 aliphatic heterocycles. The predicted molar refractivity (Wildman–Crippen MR) is 57.1 cm³/mol. The van der Waals surface area contributed by atoms with Gasteiger partial charge in [0.05, 0.1) is 0 Å². The van der Waals surface area contributed by atoms with E-state index in [1.165, 1.54) is 0 Å². The van der Waals surface area contributed by atoms with E-state index in [4.69, 9.17) is 5.11 Å². The van der Waals surface area contributed by atoms with Crippen LogP contribution >= 0.6 is 0 Å². The Morgan fingerprint density at radius 3 is 2.06 bits per heavy atom. The number of carboxylic acid groups (broad SMARTS) is 1. The number of carbonyl (C=O) groups is 1. The van der Waals surface area contributed by atoms with Crippen molar-refractivity contribution in [3.05, 3.63) is 11.9 Å². The Bertz CT molecular complexity index is 271. The maximum atomic E-state index is 12.1. The van der Waals surface area contributed by atoms with Crippen LogP contribution in [-0.2, 0) is 4.79 Å². The molecule has 0 saturated heterocycles. The number of hydrogen-bond acceptors (Lipinski definition) is 3. The maximum Gasteiger partial charge on any atom is 0.482 e. The van der Waals surface area contributed by atoms with Crippen molar-refractivity contribution in [3.8, 4) is 0 Å². The largest absolute Gasteiger partial charge is 0.482 e. The second-order valence-corrected chi connectivity index (χ2v) is 3.51. The van der Waals surface area contributed by atoms with Gasteiger partial charge in [-0.15, -0.1) is 0 Å². The van der Waals surface area contributed by atoms with Gasteiger partial charge in [0.2, 0.25) is 0 Å². The lowest BCUT2D eigenvalue weighted by atomic mass is 10.3. The molecule has 0 rings (SSSR count). The molecule has 100 valence electrons. The number of nitrogens with zero attached hydrogens (tertiary/aromatic N) is 1. The predicted octanol–water partition coefficient (Wildman–Crippen LogP) is 2.14. The van der Waals surface area contributed by atoms with Gasteiger partial charge in [-0.25, -0.2) is 4.79 Å². The van der Waals surface area contributed by atoms with E-state index in [2.05, 4.69) is 0 Å². The second kappa shape index (κ2) is 7.03. The van der Waals surface area contributed by atoms with Crippen LogP contribution < -0.4 is 5.32 Å². The van der Waals surface area contributed by atoms with Gasteiger partial charge in [-0.3, -0.25) is 5.32 Å². The zero-order valence-electron chi connectivity index (χ0n) is 9.84. The molecule has 0 bridgehead atoms. The lowest BCUT2D eigenvalue weighted by Crippen LogP contribution is -2.35. The third kappa shape index (κ3) is 7.48. The molecule has 0 aliphatic rings. The highest BCUT2D eigenvalue weighted by Gasteiger charge is 2.30. The fraction of sp³-hybridized carbons (Fsp3) is 0.700. The van der Waals surface area contributed by atoms with Crippen molar-refractivity contribution in [1.82, 2.24) is 10.2 Å². The SMILES string of the molecule is CCCN(/C=C(/NC(F)(F)F)C(=O)O)CCC. The molecular formula is C10H17F3N2O2. The first-order valence-corrected chi connectivity index (χ1v) is 5.34. The van der Waals surface area contributed by atoms with E-state index in [0.717, 1.165) is 24.4 Å². The Balaban J connectivity index is 4.80. The lowest BCUT2D eigenvalue weighted by molar-refractivity contribution is -0.157. The molecule has 0 aromatic carbocycles. The number of aliphatic carboxylic acids is 1. The summed E-state index contributed by atoms with van der Waals surface area (Å²) in [5.41, 5.74) is -0.862. The van der Waals surface area contributed by atoms with Gasteiger partial charge in [-0.2, -0.15) is 13.2 Å². The Morgan fingerprint density at radius 1 is 1.29 bits per heavy atom. The number of nitrogens with one attached hydrogen (secondary N) is 1. The molecule has 0 amide bonds. The Hall–Kier alpha value is -1.40. The van der Waals surface area contributed by atoms with Crippen LogP contribution in [0.3, 0.4) is 0 Å². The standard InChI is InChI=1S/C10H17F3N2O2/c1-3-5-15(6-4-2)7-8(9(16)17)14-10(11,12)13/h7,14H,3-6H2,1-2H3,(H,16,17)/b8-7+. The van der Waals surface area contributed by atoms with E-state index in [1.807, 2.05) is 13.8 Å². The molecule has 0 aromatic heterocycles. The highest BCUT2D eigenvalue weighted by molar-refractivity contribution is 5.85. The topological polar surface area (TPSA) is 52.6 Å².